The molecule has 3 aliphatic heterocycles. The standard InChI is InChI=1S/C32H43N7O3/c1-37-12-14-38(15-13-37)11-10-29(40)23-5-9-30(35-20-23)39-25-6-7-26(39)18-24(17-25)36-32(42)22-4-8-27(31(33)41)28(16-22)34-19-21-2-3-21/h4-5,8-9,16,20-21,24-26,34H,2-3,6-7,10-15,17-19H2,1H3,(H2,33,41)(H,36,42)/t24-,25+,26-. The number of nitrogens with zero attached hydrogens (tertiary/aromatic N) is 4. The highest BCUT2D eigenvalue weighted by molar-refractivity contribution is 6.02. The van der Waals surface area contributed by atoms with Crippen LogP contribution in [0.25, 0.3) is 0 Å². The number of carbonyl (C=O) groups excluding carboxylic acids is 3. The van der Waals surface area contributed by atoms with E-state index in [1.807, 2.05) is 12.1 Å². The van der Waals surface area contributed by atoms with Crippen molar-refractivity contribution in [3.05, 3.63) is 53.2 Å². The Balaban J connectivity index is 1.03. The van der Waals surface area contributed by atoms with Crippen molar-refractivity contribution in [3.8, 4) is 0 Å². The number of pyridine rings is 1. The summed E-state index contributed by atoms with van der Waals surface area (Å²) in [4.78, 5) is 49.8. The van der Waals surface area contributed by atoms with Crippen molar-refractivity contribution < 1.29 is 14.4 Å². The molecule has 2 amide bonds. The summed E-state index contributed by atoms with van der Waals surface area (Å²) in [7, 11) is 2.14. The molecule has 6 rings (SSSR count). The second-order valence-corrected chi connectivity index (χ2v) is 12.6. The number of hydrogen-bond acceptors (Lipinski definition) is 8. The Morgan fingerprint density at radius 2 is 1.67 bits per heavy atom. The van der Waals surface area contributed by atoms with Crippen LogP contribution in [0.15, 0.2) is 36.5 Å². The second kappa shape index (κ2) is 12.4. The van der Waals surface area contributed by atoms with E-state index in [1.165, 1.54) is 12.8 Å². The second-order valence-electron chi connectivity index (χ2n) is 12.6. The van der Waals surface area contributed by atoms with Gasteiger partial charge in [-0.2, -0.15) is 0 Å². The van der Waals surface area contributed by atoms with Gasteiger partial charge in [0.25, 0.3) is 11.8 Å². The van der Waals surface area contributed by atoms with E-state index in [2.05, 4.69) is 32.4 Å². The van der Waals surface area contributed by atoms with Crippen molar-refractivity contribution in [1.82, 2.24) is 20.1 Å². The maximum Gasteiger partial charge on any atom is 0.251 e. The van der Waals surface area contributed by atoms with Crippen LogP contribution in [0.4, 0.5) is 11.5 Å². The van der Waals surface area contributed by atoms with Gasteiger partial charge in [-0.05, 0) is 81.8 Å². The van der Waals surface area contributed by atoms with Gasteiger partial charge in [-0.3, -0.25) is 14.4 Å². The van der Waals surface area contributed by atoms with Crippen molar-refractivity contribution in [2.75, 3.05) is 56.5 Å². The molecule has 10 heteroatoms. The van der Waals surface area contributed by atoms with Gasteiger partial charge in [0.2, 0.25) is 0 Å². The average Bonchev–Trinajstić information content (AvgIpc) is 3.78. The quantitative estimate of drug-likeness (QED) is 0.351. The molecule has 10 nitrogen and oxygen atoms in total. The number of piperidine rings is 1. The lowest BCUT2D eigenvalue weighted by Gasteiger charge is -2.40. The molecule has 42 heavy (non-hydrogen) atoms. The van der Waals surface area contributed by atoms with E-state index in [-0.39, 0.29) is 17.7 Å². The van der Waals surface area contributed by atoms with Gasteiger partial charge in [0.1, 0.15) is 5.82 Å². The van der Waals surface area contributed by atoms with Crippen LogP contribution < -0.4 is 21.3 Å². The first-order valence-corrected chi connectivity index (χ1v) is 15.5. The van der Waals surface area contributed by atoms with Gasteiger partial charge < -0.3 is 31.1 Å². The van der Waals surface area contributed by atoms with E-state index in [1.54, 1.807) is 24.4 Å². The summed E-state index contributed by atoms with van der Waals surface area (Å²) in [5.41, 5.74) is 7.82. The minimum Gasteiger partial charge on any atom is -0.384 e. The van der Waals surface area contributed by atoms with Crippen LogP contribution in [-0.4, -0.2) is 96.8 Å². The molecule has 4 fully saturated rings. The molecule has 4 N–H and O–H groups in total. The van der Waals surface area contributed by atoms with Gasteiger partial charge in [0, 0.05) is 86.8 Å². The summed E-state index contributed by atoms with van der Waals surface area (Å²) in [5.74, 6) is 1.06. The number of fused-ring (bicyclic) bond motifs is 2. The topological polar surface area (TPSA) is 124 Å². The fourth-order valence-corrected chi connectivity index (χ4v) is 6.74. The van der Waals surface area contributed by atoms with Crippen LogP contribution in [0, 0.1) is 5.92 Å². The van der Waals surface area contributed by atoms with Crippen molar-refractivity contribution in [2.45, 2.75) is 63.1 Å². The summed E-state index contributed by atoms with van der Waals surface area (Å²) < 4.78 is 0. The smallest absolute Gasteiger partial charge is 0.251 e. The van der Waals surface area contributed by atoms with Gasteiger partial charge in [0.15, 0.2) is 5.78 Å². The third kappa shape index (κ3) is 6.60. The molecule has 3 atom stereocenters. The van der Waals surface area contributed by atoms with E-state index in [0.717, 1.165) is 70.8 Å². The molecule has 2 aromatic rings. The Morgan fingerprint density at radius 3 is 2.31 bits per heavy atom. The molecule has 224 valence electrons. The molecule has 1 aliphatic carbocycles. The highest BCUT2D eigenvalue weighted by atomic mass is 16.2. The highest BCUT2D eigenvalue weighted by Crippen LogP contribution is 2.39. The van der Waals surface area contributed by atoms with Crippen LogP contribution >= 0.6 is 0 Å². The van der Waals surface area contributed by atoms with Crippen LogP contribution in [-0.2, 0) is 0 Å². The highest BCUT2D eigenvalue weighted by Gasteiger charge is 2.42. The van der Waals surface area contributed by atoms with Crippen LogP contribution in [0.3, 0.4) is 0 Å². The number of piperazine rings is 1. The molecule has 4 heterocycles. The fraction of sp³-hybridized carbons (Fsp3) is 0.562. The number of amides is 2. The Hall–Kier alpha value is -3.50. The number of likely N-dealkylation sites (N-methyl/N-ethyl adjacent to an activating group) is 1. The minimum atomic E-state index is -0.499. The maximum absolute atomic E-state index is 13.2. The Labute approximate surface area is 248 Å². The largest absolute Gasteiger partial charge is 0.384 e. The molecular formula is C32H43N7O3. The molecule has 0 radical (unpaired) electrons. The summed E-state index contributed by atoms with van der Waals surface area (Å²) in [6.45, 7) is 5.71. The molecule has 0 spiro atoms. The molecular weight excluding hydrogens is 530 g/mol. The molecule has 1 saturated carbocycles. The van der Waals surface area contributed by atoms with Gasteiger partial charge in [-0.1, -0.05) is 0 Å². The van der Waals surface area contributed by atoms with Gasteiger partial charge in [-0.25, -0.2) is 4.98 Å². The minimum absolute atomic E-state index is 0.0698. The predicted molar refractivity (Wildman–Crippen MR) is 163 cm³/mol. The number of Topliss-reactive ketones (excluding diaryl/α,β-unsaturated/α-hetero) is 1. The first-order valence-electron chi connectivity index (χ1n) is 15.5. The summed E-state index contributed by atoms with van der Waals surface area (Å²) >= 11 is 0. The lowest BCUT2D eigenvalue weighted by atomic mass is 9.96. The number of benzene rings is 1. The molecule has 1 aromatic carbocycles. The zero-order valence-corrected chi connectivity index (χ0v) is 24.6. The summed E-state index contributed by atoms with van der Waals surface area (Å²) in [5, 5.41) is 6.57. The third-order valence-corrected chi connectivity index (χ3v) is 9.48. The number of primary amides is 1. The number of carbonyl (C=O) groups is 3. The zero-order chi connectivity index (χ0) is 29.2. The Bertz CT molecular complexity index is 1290. The number of aromatic nitrogens is 1. The first kappa shape index (κ1) is 28.6. The molecule has 4 aliphatic rings. The number of ketones is 1. The van der Waals surface area contributed by atoms with Gasteiger partial charge in [-0.15, -0.1) is 0 Å². The Kier molecular flexibility index (Phi) is 8.44. The fourth-order valence-electron chi connectivity index (χ4n) is 6.74. The zero-order valence-electron chi connectivity index (χ0n) is 24.6. The molecule has 1 aromatic heterocycles. The Morgan fingerprint density at radius 1 is 0.952 bits per heavy atom. The SMILES string of the molecule is CN1CCN(CCC(=O)c2ccc(N3[C@@H]4CC[C@H]3C[C@@H](NC(=O)c3ccc(C(N)=O)c(NCC5CC5)c3)C4)nc2)CC1. The van der Waals surface area contributed by atoms with Crippen molar-refractivity contribution in [1.29, 1.82) is 0 Å². The van der Waals surface area contributed by atoms with E-state index in [0.29, 0.717) is 46.8 Å². The number of hydrogen-bond donors (Lipinski definition) is 3. The predicted octanol–water partition coefficient (Wildman–Crippen LogP) is 2.75. The van der Waals surface area contributed by atoms with E-state index >= 15 is 0 Å². The van der Waals surface area contributed by atoms with E-state index in [4.69, 9.17) is 10.7 Å². The number of nitrogens with two attached hydrogens (primary N) is 1. The normalized spacial score (nSPS) is 24.4. The number of nitrogens with one attached hydrogen (secondary N) is 2. The number of rotatable bonds is 11. The summed E-state index contributed by atoms with van der Waals surface area (Å²) in [6, 6.07) is 9.66. The number of anilines is 2. The lowest BCUT2D eigenvalue weighted by Crippen LogP contribution is -2.50. The van der Waals surface area contributed by atoms with E-state index < -0.39 is 5.91 Å². The molecule has 2 bridgehead atoms. The van der Waals surface area contributed by atoms with Crippen molar-refractivity contribution in [2.24, 2.45) is 11.7 Å². The monoisotopic (exact) mass is 573 g/mol. The van der Waals surface area contributed by atoms with Gasteiger partial charge >= 0.3 is 0 Å². The van der Waals surface area contributed by atoms with Crippen molar-refractivity contribution in [3.63, 3.8) is 0 Å². The lowest BCUT2D eigenvalue weighted by molar-refractivity contribution is 0.0923. The van der Waals surface area contributed by atoms with E-state index in [9.17, 15) is 14.4 Å². The van der Waals surface area contributed by atoms with Crippen LogP contribution in [0.2, 0.25) is 0 Å². The summed E-state index contributed by atoms with van der Waals surface area (Å²) in [6.07, 6.45) is 8.46. The maximum atomic E-state index is 13.2. The first-order chi connectivity index (χ1) is 20.3. The van der Waals surface area contributed by atoms with Crippen LogP contribution in [0.5, 0.6) is 0 Å². The van der Waals surface area contributed by atoms with Crippen LogP contribution in [0.1, 0.15) is 76.0 Å². The van der Waals surface area contributed by atoms with Gasteiger partial charge in [0.05, 0.1) is 5.56 Å². The molecule has 0 unspecified atom stereocenters. The third-order valence-electron chi connectivity index (χ3n) is 9.48. The van der Waals surface area contributed by atoms with Crippen molar-refractivity contribution >= 4 is 29.1 Å². The average molecular weight is 574 g/mol. The molecule has 3 saturated heterocycles.